The quantitative estimate of drug-likeness (QED) is 0.660. The lowest BCUT2D eigenvalue weighted by molar-refractivity contribution is 0.775. The maximum absolute atomic E-state index is 8.94. The van der Waals surface area contributed by atoms with Crippen molar-refractivity contribution in [1.29, 1.82) is 5.26 Å². The Balaban J connectivity index is 2.47. The summed E-state index contributed by atoms with van der Waals surface area (Å²) in [7, 11) is 0. The molecule has 0 saturated carbocycles. The van der Waals surface area contributed by atoms with Crippen molar-refractivity contribution in [2.24, 2.45) is 5.10 Å². The van der Waals surface area contributed by atoms with Crippen LogP contribution in [-0.2, 0) is 0 Å². The van der Waals surface area contributed by atoms with Crippen LogP contribution in [0.4, 0.5) is 11.4 Å². The van der Waals surface area contributed by atoms with E-state index in [1.54, 1.807) is 36.7 Å². The summed E-state index contributed by atoms with van der Waals surface area (Å²) < 4.78 is 0. The summed E-state index contributed by atoms with van der Waals surface area (Å²) in [6, 6.07) is 7.23. The predicted octanol–water partition coefficient (Wildman–Crippen LogP) is 0.965. The third-order valence-corrected chi connectivity index (χ3v) is 1.96. The van der Waals surface area contributed by atoms with E-state index in [0.29, 0.717) is 16.9 Å². The average Bonchev–Trinajstić information content (AvgIpc) is 2.29. The fourth-order valence-electron chi connectivity index (χ4n) is 1.31. The van der Waals surface area contributed by atoms with Gasteiger partial charge < -0.3 is 5.73 Å². The molecule has 1 aromatic carbocycles. The summed E-state index contributed by atoms with van der Waals surface area (Å²) in [6.45, 7) is 0. The molecule has 1 aromatic rings. The fourth-order valence-corrected chi connectivity index (χ4v) is 1.31. The lowest BCUT2D eigenvalue weighted by atomic mass is 10.1. The van der Waals surface area contributed by atoms with Gasteiger partial charge in [-0.2, -0.15) is 15.5 Å². The van der Waals surface area contributed by atoms with Crippen molar-refractivity contribution >= 4 is 17.6 Å². The van der Waals surface area contributed by atoms with Gasteiger partial charge in [0.15, 0.2) is 0 Å². The largest absolute Gasteiger partial charge is 0.397 e. The van der Waals surface area contributed by atoms with Gasteiger partial charge >= 0.3 is 0 Å². The first-order chi connectivity index (χ1) is 7.33. The minimum atomic E-state index is 0.481. The Morgan fingerprint density at radius 3 is 3.00 bits per heavy atom. The second-order valence-corrected chi connectivity index (χ2v) is 2.92. The third kappa shape index (κ3) is 1.60. The van der Waals surface area contributed by atoms with Crippen LogP contribution in [0.2, 0.25) is 0 Å². The van der Waals surface area contributed by atoms with Crippen LogP contribution in [0.25, 0.3) is 0 Å². The standard InChI is InChI=1S/C10H9N5/c11-7-8-3-1-4-9(12)10(8)15-13-5-2-6-14-15/h1-6,13H,12H2. The van der Waals surface area contributed by atoms with Crippen LogP contribution in [0.3, 0.4) is 0 Å². The Kier molecular flexibility index (Phi) is 2.25. The van der Waals surface area contributed by atoms with E-state index in [2.05, 4.69) is 16.6 Å². The van der Waals surface area contributed by atoms with Crippen LogP contribution in [-0.4, -0.2) is 6.21 Å². The molecule has 0 amide bonds. The van der Waals surface area contributed by atoms with Crippen LogP contribution in [0.15, 0.2) is 35.6 Å². The summed E-state index contributed by atoms with van der Waals surface area (Å²) in [5, 5.41) is 14.5. The normalized spacial score (nSPS) is 13.4. The molecule has 0 spiro atoms. The van der Waals surface area contributed by atoms with Gasteiger partial charge in [-0.25, -0.2) is 0 Å². The molecule has 0 saturated heterocycles. The molecule has 74 valence electrons. The van der Waals surface area contributed by atoms with E-state index in [1.807, 2.05) is 0 Å². The number of para-hydroxylation sites is 1. The van der Waals surface area contributed by atoms with Crippen LogP contribution in [0.1, 0.15) is 5.56 Å². The molecule has 0 aromatic heterocycles. The number of hydrogen-bond acceptors (Lipinski definition) is 5. The number of nitriles is 1. The molecule has 0 atom stereocenters. The van der Waals surface area contributed by atoms with E-state index in [-0.39, 0.29) is 0 Å². The molecule has 5 nitrogen and oxygen atoms in total. The van der Waals surface area contributed by atoms with Gasteiger partial charge in [-0.15, -0.1) is 0 Å². The monoisotopic (exact) mass is 199 g/mol. The Morgan fingerprint density at radius 2 is 2.33 bits per heavy atom. The number of allylic oxidation sites excluding steroid dienone is 1. The van der Waals surface area contributed by atoms with E-state index in [0.717, 1.165) is 0 Å². The van der Waals surface area contributed by atoms with E-state index < -0.39 is 0 Å². The number of anilines is 2. The van der Waals surface area contributed by atoms with Crippen LogP contribution in [0, 0.1) is 11.3 Å². The van der Waals surface area contributed by atoms with Crippen molar-refractivity contribution in [3.8, 4) is 6.07 Å². The van der Waals surface area contributed by atoms with Gasteiger partial charge in [0.25, 0.3) is 0 Å². The molecule has 0 aliphatic carbocycles. The Bertz CT molecular complexity index is 469. The number of nitrogens with two attached hydrogens (primary N) is 1. The molecule has 0 radical (unpaired) electrons. The molecule has 0 fully saturated rings. The molecular weight excluding hydrogens is 190 g/mol. The van der Waals surface area contributed by atoms with Gasteiger partial charge in [0, 0.05) is 6.20 Å². The smallest absolute Gasteiger partial charge is 0.124 e. The number of nitrogens with one attached hydrogen (secondary N) is 1. The minimum Gasteiger partial charge on any atom is -0.397 e. The van der Waals surface area contributed by atoms with Crippen LogP contribution in [0.5, 0.6) is 0 Å². The van der Waals surface area contributed by atoms with Crippen LogP contribution < -0.4 is 16.3 Å². The topological polar surface area (TPSA) is 77.4 Å². The highest BCUT2D eigenvalue weighted by atomic mass is 15.7. The maximum Gasteiger partial charge on any atom is 0.124 e. The number of benzene rings is 1. The van der Waals surface area contributed by atoms with Gasteiger partial charge in [-0.3, -0.25) is 5.43 Å². The summed E-state index contributed by atoms with van der Waals surface area (Å²) in [5.41, 5.74) is 10.2. The second-order valence-electron chi connectivity index (χ2n) is 2.92. The highest BCUT2D eigenvalue weighted by Crippen LogP contribution is 2.26. The Morgan fingerprint density at radius 1 is 1.47 bits per heavy atom. The molecular formula is C10H9N5. The maximum atomic E-state index is 8.94. The van der Waals surface area contributed by atoms with Gasteiger partial charge in [-0.05, 0) is 18.2 Å². The van der Waals surface area contributed by atoms with Gasteiger partial charge in [0.1, 0.15) is 11.8 Å². The lowest BCUT2D eigenvalue weighted by Gasteiger charge is -2.22. The summed E-state index contributed by atoms with van der Waals surface area (Å²) in [5.74, 6) is 0. The highest BCUT2D eigenvalue weighted by Gasteiger charge is 2.13. The van der Waals surface area contributed by atoms with Gasteiger partial charge in [-0.1, -0.05) is 6.07 Å². The highest BCUT2D eigenvalue weighted by molar-refractivity contribution is 5.78. The molecule has 15 heavy (non-hydrogen) atoms. The lowest BCUT2D eigenvalue weighted by Crippen LogP contribution is -2.32. The minimum absolute atomic E-state index is 0.481. The second kappa shape index (κ2) is 3.72. The third-order valence-electron chi connectivity index (χ3n) is 1.96. The van der Waals surface area contributed by atoms with E-state index in [1.165, 1.54) is 5.12 Å². The van der Waals surface area contributed by atoms with Gasteiger partial charge in [0.2, 0.25) is 0 Å². The molecule has 1 heterocycles. The summed E-state index contributed by atoms with van der Waals surface area (Å²) in [6.07, 6.45) is 5.08. The molecule has 1 aliphatic heterocycles. The van der Waals surface area contributed by atoms with E-state index in [9.17, 15) is 0 Å². The molecule has 3 N–H and O–H groups in total. The predicted molar refractivity (Wildman–Crippen MR) is 58.8 cm³/mol. The number of hydrazone groups is 1. The Hall–Kier alpha value is -2.48. The van der Waals surface area contributed by atoms with Crippen molar-refractivity contribution in [3.63, 3.8) is 0 Å². The number of hydrazine groups is 1. The number of nitrogen functional groups attached to an aromatic ring is 1. The van der Waals surface area contributed by atoms with Crippen molar-refractivity contribution in [1.82, 2.24) is 5.43 Å². The molecule has 1 aliphatic rings. The van der Waals surface area contributed by atoms with Crippen molar-refractivity contribution in [3.05, 3.63) is 36.0 Å². The average molecular weight is 199 g/mol. The first-order valence-corrected chi connectivity index (χ1v) is 4.37. The van der Waals surface area contributed by atoms with Crippen molar-refractivity contribution in [2.75, 3.05) is 10.9 Å². The fraction of sp³-hybridized carbons (Fsp3) is 0. The zero-order valence-corrected chi connectivity index (χ0v) is 7.88. The summed E-state index contributed by atoms with van der Waals surface area (Å²) in [4.78, 5) is 0. The van der Waals surface area contributed by atoms with Crippen molar-refractivity contribution in [2.45, 2.75) is 0 Å². The Labute approximate surface area is 87.1 Å². The van der Waals surface area contributed by atoms with Gasteiger partial charge in [0.05, 0.1) is 17.5 Å². The molecule has 2 rings (SSSR count). The molecule has 5 heteroatoms. The van der Waals surface area contributed by atoms with E-state index >= 15 is 0 Å². The number of nitrogens with zero attached hydrogens (tertiary/aromatic N) is 3. The molecule has 0 unspecified atom stereocenters. The van der Waals surface area contributed by atoms with Crippen molar-refractivity contribution < 1.29 is 0 Å². The molecule has 0 bridgehead atoms. The van der Waals surface area contributed by atoms with Crippen LogP contribution >= 0.6 is 0 Å². The zero-order chi connectivity index (χ0) is 10.7. The van der Waals surface area contributed by atoms with E-state index in [4.69, 9.17) is 11.0 Å². The summed E-state index contributed by atoms with van der Waals surface area (Å²) >= 11 is 0. The first kappa shape index (κ1) is 9.09. The number of rotatable bonds is 1. The first-order valence-electron chi connectivity index (χ1n) is 4.37. The zero-order valence-electron chi connectivity index (χ0n) is 7.88. The number of hydrogen-bond donors (Lipinski definition) is 2. The SMILES string of the molecule is N#Cc1cccc(N)c1N1N=CC=CN1.